The summed E-state index contributed by atoms with van der Waals surface area (Å²) >= 11 is 0. The van der Waals surface area contributed by atoms with Gasteiger partial charge in [0.2, 0.25) is 0 Å². The monoisotopic (exact) mass is 737 g/mol. The van der Waals surface area contributed by atoms with Crippen LogP contribution in [0.3, 0.4) is 0 Å². The molecule has 0 spiro atoms. The van der Waals surface area contributed by atoms with Gasteiger partial charge < -0.3 is 34.2 Å². The molecule has 0 unspecified atom stereocenters. The van der Waals surface area contributed by atoms with Gasteiger partial charge in [0.15, 0.2) is 0 Å². The minimum Gasteiger partial charge on any atom is -0.495 e. The Morgan fingerprint density at radius 1 is 0.926 bits per heavy atom. The molecular weight excluding hydrogens is 686 g/mol. The van der Waals surface area contributed by atoms with Gasteiger partial charge in [-0.1, -0.05) is 12.1 Å². The van der Waals surface area contributed by atoms with Crippen LogP contribution in [0.4, 0.5) is 16.2 Å². The summed E-state index contributed by atoms with van der Waals surface area (Å²) in [7, 11) is 5.24. The Bertz CT molecular complexity index is 2070. The number of nitrogens with one attached hydrogen (secondary N) is 1. The lowest BCUT2D eigenvalue weighted by Gasteiger charge is -2.34. The molecule has 0 aliphatic carbocycles. The molecule has 5 rings (SSSR count). The van der Waals surface area contributed by atoms with E-state index >= 15 is 0 Å². The van der Waals surface area contributed by atoms with Crippen molar-refractivity contribution in [1.82, 2.24) is 14.4 Å². The van der Waals surface area contributed by atoms with Crippen molar-refractivity contribution >= 4 is 46.1 Å². The number of hydrogen-bond acceptors (Lipinski definition) is 9. The predicted octanol–water partition coefficient (Wildman–Crippen LogP) is 7.09. The summed E-state index contributed by atoms with van der Waals surface area (Å²) in [6, 6.07) is 17.5. The van der Waals surface area contributed by atoms with E-state index in [4.69, 9.17) is 14.2 Å². The highest BCUT2D eigenvalue weighted by atomic mass is 16.6. The lowest BCUT2D eigenvalue weighted by atomic mass is 10.1. The molecule has 1 aliphatic rings. The zero-order valence-corrected chi connectivity index (χ0v) is 32.6. The fourth-order valence-electron chi connectivity index (χ4n) is 6.47. The van der Waals surface area contributed by atoms with Crippen LogP contribution in [0.25, 0.3) is 10.9 Å². The Balaban J connectivity index is 1.26. The summed E-state index contributed by atoms with van der Waals surface area (Å²) in [5.74, 6) is 2.33. The molecule has 0 radical (unpaired) electrons. The van der Waals surface area contributed by atoms with Crippen molar-refractivity contribution < 1.29 is 33.4 Å². The fourth-order valence-corrected chi connectivity index (χ4v) is 6.47. The zero-order chi connectivity index (χ0) is 39.2. The zero-order valence-electron chi connectivity index (χ0n) is 32.6. The molecule has 0 bridgehead atoms. The minimum atomic E-state index is -0.684. The van der Waals surface area contributed by atoms with E-state index < -0.39 is 17.6 Å². The number of nitrogens with zero attached hydrogens (tertiary/aromatic N) is 4. The number of unbranched alkanes of at least 4 members (excludes halogenated alkanes) is 1. The number of amides is 2. The SMILES string of the molecule is COc1cc(C(=O)N(C)c2ccc(C)cc2OCCCCC(=C=O)N2CCN(C)CC2)ccc1NC(=O)c1cccc2c1cc(C)n2C(=O)OC(C)(C)C. The Morgan fingerprint density at radius 2 is 1.67 bits per heavy atom. The number of carbonyl (C=O) groups is 3. The number of piperazine rings is 1. The van der Waals surface area contributed by atoms with Gasteiger partial charge in [0.25, 0.3) is 11.8 Å². The number of benzene rings is 3. The Labute approximate surface area is 317 Å². The number of fused-ring (bicyclic) bond motifs is 1. The molecule has 54 heavy (non-hydrogen) atoms. The lowest BCUT2D eigenvalue weighted by molar-refractivity contribution is 0.0541. The van der Waals surface area contributed by atoms with Crippen LogP contribution in [0.2, 0.25) is 0 Å². The fraction of sp³-hybridized carbons (Fsp3) is 0.405. The molecule has 1 fully saturated rings. The number of aromatic nitrogens is 1. The first-order valence-electron chi connectivity index (χ1n) is 18.2. The number of anilines is 2. The normalized spacial score (nSPS) is 13.3. The van der Waals surface area contributed by atoms with Crippen LogP contribution >= 0.6 is 0 Å². The number of ether oxygens (including phenoxy) is 3. The summed E-state index contributed by atoms with van der Waals surface area (Å²) in [6.07, 6.45) is 1.63. The summed E-state index contributed by atoms with van der Waals surface area (Å²) < 4.78 is 18.9. The van der Waals surface area contributed by atoms with E-state index in [-0.39, 0.29) is 5.91 Å². The molecule has 0 atom stereocenters. The van der Waals surface area contributed by atoms with E-state index in [1.54, 1.807) is 77.2 Å². The van der Waals surface area contributed by atoms with Gasteiger partial charge in [-0.25, -0.2) is 14.2 Å². The van der Waals surface area contributed by atoms with Gasteiger partial charge in [-0.3, -0.25) is 9.59 Å². The molecule has 1 aromatic heterocycles. The smallest absolute Gasteiger partial charge is 0.419 e. The topological polar surface area (TPSA) is 123 Å². The van der Waals surface area contributed by atoms with Crippen LogP contribution in [0.5, 0.6) is 11.5 Å². The quantitative estimate of drug-likeness (QED) is 0.120. The van der Waals surface area contributed by atoms with Crippen molar-refractivity contribution in [2.24, 2.45) is 0 Å². The summed E-state index contributed by atoms with van der Waals surface area (Å²) in [6.45, 7) is 13.1. The number of hydrogen-bond donors (Lipinski definition) is 1. The minimum absolute atomic E-state index is 0.295. The second-order valence-electron chi connectivity index (χ2n) is 14.7. The molecule has 1 N–H and O–H groups in total. The molecule has 2 heterocycles. The van der Waals surface area contributed by atoms with E-state index in [1.165, 1.54) is 16.6 Å². The molecule has 1 aliphatic heterocycles. The van der Waals surface area contributed by atoms with Crippen LogP contribution in [0.1, 0.15) is 72.0 Å². The van der Waals surface area contributed by atoms with Crippen LogP contribution < -0.4 is 19.7 Å². The van der Waals surface area contributed by atoms with E-state index in [2.05, 4.69) is 28.1 Å². The first kappa shape index (κ1) is 39.6. The van der Waals surface area contributed by atoms with Gasteiger partial charge in [0, 0.05) is 55.4 Å². The largest absolute Gasteiger partial charge is 0.495 e. The highest BCUT2D eigenvalue weighted by molar-refractivity contribution is 6.14. The number of allylic oxidation sites excluding steroid dienone is 1. The van der Waals surface area contributed by atoms with Gasteiger partial charge in [-0.05, 0) is 115 Å². The third kappa shape index (κ3) is 9.31. The first-order valence-corrected chi connectivity index (χ1v) is 18.2. The van der Waals surface area contributed by atoms with Gasteiger partial charge >= 0.3 is 6.09 Å². The Kier molecular flexibility index (Phi) is 12.5. The second-order valence-corrected chi connectivity index (χ2v) is 14.7. The standard InChI is InChI=1S/C42H51N5O7/c1-28-15-18-36(38(24-28)53-23-10-9-12-31(27-48)46-21-19-44(6)20-22-46)45(7)40(50)30-16-17-34(37(26-30)52-8)43-39(49)32-13-11-14-35-33(32)25-29(2)47(35)41(51)54-42(3,4)5/h11,13-18,24-26H,9-10,12,19-23H2,1-8H3,(H,43,49). The van der Waals surface area contributed by atoms with Crippen LogP contribution in [-0.4, -0.2) is 97.8 Å². The van der Waals surface area contributed by atoms with Crippen molar-refractivity contribution in [1.29, 1.82) is 0 Å². The number of carbonyl (C=O) groups excluding carboxylic acids is 4. The molecule has 3 aromatic carbocycles. The van der Waals surface area contributed by atoms with Gasteiger partial charge in [0.05, 0.1) is 36.3 Å². The second kappa shape index (κ2) is 17.0. The summed E-state index contributed by atoms with van der Waals surface area (Å²) in [4.78, 5) is 58.0. The van der Waals surface area contributed by atoms with E-state index in [0.717, 1.165) is 44.6 Å². The molecule has 0 saturated carbocycles. The van der Waals surface area contributed by atoms with E-state index in [0.29, 0.717) is 69.3 Å². The molecular formula is C42H51N5O7. The first-order chi connectivity index (χ1) is 25.7. The maximum Gasteiger partial charge on any atom is 0.419 e. The highest BCUT2D eigenvalue weighted by Crippen LogP contribution is 2.33. The van der Waals surface area contributed by atoms with Crippen LogP contribution in [0.15, 0.2) is 66.4 Å². The van der Waals surface area contributed by atoms with Gasteiger partial charge in [-0.2, -0.15) is 0 Å². The van der Waals surface area contributed by atoms with Gasteiger partial charge in [-0.15, -0.1) is 0 Å². The maximum absolute atomic E-state index is 13.8. The molecule has 286 valence electrons. The van der Waals surface area contributed by atoms with Crippen LogP contribution in [-0.2, 0) is 9.53 Å². The predicted molar refractivity (Wildman–Crippen MR) is 211 cm³/mol. The Hall–Kier alpha value is -5.58. The molecule has 2 amide bonds. The average molecular weight is 738 g/mol. The Morgan fingerprint density at radius 3 is 2.35 bits per heavy atom. The highest BCUT2D eigenvalue weighted by Gasteiger charge is 2.24. The number of methoxy groups -OCH3 is 1. The summed E-state index contributed by atoms with van der Waals surface area (Å²) in [5, 5.41) is 3.50. The molecule has 12 heteroatoms. The average Bonchev–Trinajstić information content (AvgIpc) is 3.48. The number of likely N-dealkylation sites (N-methyl/N-ethyl adjacent to an activating group) is 1. The van der Waals surface area contributed by atoms with Crippen molar-refractivity contribution in [3.63, 3.8) is 0 Å². The molecule has 1 saturated heterocycles. The van der Waals surface area contributed by atoms with Gasteiger partial charge in [0.1, 0.15) is 23.0 Å². The number of aryl methyl sites for hydroxylation is 2. The van der Waals surface area contributed by atoms with Crippen molar-refractivity contribution in [3.05, 3.63) is 88.7 Å². The van der Waals surface area contributed by atoms with Crippen molar-refractivity contribution in [3.8, 4) is 11.5 Å². The molecule has 4 aromatic rings. The lowest BCUT2D eigenvalue weighted by Crippen LogP contribution is -2.44. The number of rotatable bonds is 12. The van der Waals surface area contributed by atoms with E-state index in [9.17, 15) is 19.2 Å². The summed E-state index contributed by atoms with van der Waals surface area (Å²) in [5.41, 5.74) is 3.90. The van der Waals surface area contributed by atoms with Crippen molar-refractivity contribution in [2.45, 2.75) is 59.5 Å². The maximum atomic E-state index is 13.8. The third-order valence-corrected chi connectivity index (χ3v) is 9.40. The van der Waals surface area contributed by atoms with Crippen molar-refractivity contribution in [2.75, 3.05) is 64.2 Å². The van der Waals surface area contributed by atoms with E-state index in [1.807, 2.05) is 25.1 Å². The third-order valence-electron chi connectivity index (χ3n) is 9.40. The molecule has 12 nitrogen and oxygen atoms in total. The van der Waals surface area contributed by atoms with Crippen LogP contribution in [0, 0.1) is 13.8 Å².